The van der Waals surface area contributed by atoms with E-state index in [1.165, 1.54) is 6.92 Å². The van der Waals surface area contributed by atoms with Crippen LogP contribution in [-0.2, 0) is 23.1 Å². The van der Waals surface area contributed by atoms with E-state index in [9.17, 15) is 9.59 Å². The Hall–Kier alpha value is -4.14. The van der Waals surface area contributed by atoms with Gasteiger partial charge in [0.15, 0.2) is 11.6 Å². The van der Waals surface area contributed by atoms with Crippen LogP contribution in [0.3, 0.4) is 0 Å². The van der Waals surface area contributed by atoms with Gasteiger partial charge in [-0.25, -0.2) is 0 Å². The summed E-state index contributed by atoms with van der Waals surface area (Å²) in [6.07, 6.45) is 6.33. The average Bonchev–Trinajstić information content (AvgIpc) is 3.19. The summed E-state index contributed by atoms with van der Waals surface area (Å²) in [5.74, 6) is 1.19. The topological polar surface area (TPSA) is 115 Å². The third kappa shape index (κ3) is 5.25. The van der Waals surface area contributed by atoms with E-state index in [2.05, 4.69) is 31.0 Å². The summed E-state index contributed by atoms with van der Waals surface area (Å²) in [5, 5.41) is 23.8. The van der Waals surface area contributed by atoms with Gasteiger partial charge in [0.1, 0.15) is 0 Å². The number of nitrogens with zero attached hydrogens (tertiary/aromatic N) is 5. The van der Waals surface area contributed by atoms with Crippen molar-refractivity contribution in [2.24, 2.45) is 7.05 Å². The third-order valence-corrected chi connectivity index (χ3v) is 6.78. The van der Waals surface area contributed by atoms with E-state index in [-0.39, 0.29) is 30.1 Å². The largest absolute Gasteiger partial charge is 0.350 e. The number of nitrogens with one attached hydrogen (secondary N) is 2. The van der Waals surface area contributed by atoms with E-state index in [0.29, 0.717) is 11.6 Å². The minimum atomic E-state index is -0.165. The number of hydrogen-bond donors (Lipinski definition) is 2. The Morgan fingerprint density at radius 1 is 0.889 bits per heavy atom. The number of aryl methyl sites for hydroxylation is 1. The molecule has 2 amide bonds. The van der Waals surface area contributed by atoms with Gasteiger partial charge in [-0.1, -0.05) is 24.6 Å². The Morgan fingerprint density at radius 3 is 2.14 bits per heavy atom. The van der Waals surface area contributed by atoms with E-state index in [1.54, 1.807) is 6.07 Å². The molecule has 5 rings (SSSR count). The predicted octanol–water partition coefficient (Wildman–Crippen LogP) is 4.34. The lowest BCUT2D eigenvalue weighted by atomic mass is 9.78. The maximum absolute atomic E-state index is 12.7. The Labute approximate surface area is 209 Å². The van der Waals surface area contributed by atoms with Crippen molar-refractivity contribution in [2.75, 3.05) is 10.6 Å². The van der Waals surface area contributed by atoms with E-state index < -0.39 is 0 Å². The molecule has 0 bridgehead atoms. The molecule has 0 spiro atoms. The predicted molar refractivity (Wildman–Crippen MR) is 138 cm³/mol. The highest BCUT2D eigenvalue weighted by Crippen LogP contribution is 2.40. The van der Waals surface area contributed by atoms with Crippen LogP contribution in [0.25, 0.3) is 10.9 Å². The zero-order valence-electron chi connectivity index (χ0n) is 20.4. The maximum Gasteiger partial charge on any atom is 0.230 e. The Kier molecular flexibility index (Phi) is 6.71. The second-order valence-electron chi connectivity index (χ2n) is 9.44. The van der Waals surface area contributed by atoms with Crippen LogP contribution in [0, 0.1) is 0 Å². The summed E-state index contributed by atoms with van der Waals surface area (Å²) >= 11 is 0. The number of amides is 2. The number of carbonyl (C=O) groups excluding carboxylic acids is 2. The number of hydrogen-bond acceptors (Lipinski definition) is 6. The van der Waals surface area contributed by atoms with Gasteiger partial charge in [-0.05, 0) is 55.2 Å². The zero-order valence-corrected chi connectivity index (χ0v) is 20.4. The highest BCUT2D eigenvalue weighted by atomic mass is 16.2. The van der Waals surface area contributed by atoms with Crippen LogP contribution < -0.4 is 10.6 Å². The molecule has 2 N–H and O–H groups in total. The number of carbonyl (C=O) groups is 2. The number of fused-ring (bicyclic) bond motifs is 1. The summed E-state index contributed by atoms with van der Waals surface area (Å²) in [4.78, 5) is 23.9. The summed E-state index contributed by atoms with van der Waals surface area (Å²) in [5.41, 5.74) is 3.94. The summed E-state index contributed by atoms with van der Waals surface area (Å²) in [6.45, 7) is 1.45. The van der Waals surface area contributed by atoms with E-state index in [1.807, 2.05) is 60.3 Å². The Morgan fingerprint density at radius 2 is 1.53 bits per heavy atom. The minimum absolute atomic E-state index is 0.118. The molecule has 0 aliphatic heterocycles. The van der Waals surface area contributed by atoms with Crippen LogP contribution in [0.4, 0.5) is 11.6 Å². The van der Waals surface area contributed by atoms with Crippen LogP contribution in [0.2, 0.25) is 0 Å². The lowest BCUT2D eigenvalue weighted by molar-refractivity contribution is -0.116. The van der Waals surface area contributed by atoms with Crippen LogP contribution in [0.15, 0.2) is 54.7 Å². The molecule has 3 aromatic heterocycles. The molecule has 184 valence electrons. The van der Waals surface area contributed by atoms with Crippen molar-refractivity contribution in [2.45, 2.75) is 50.9 Å². The fourth-order valence-corrected chi connectivity index (χ4v) is 5.09. The van der Waals surface area contributed by atoms with Gasteiger partial charge < -0.3 is 15.2 Å². The molecule has 0 unspecified atom stereocenters. The molecule has 1 aliphatic carbocycles. The van der Waals surface area contributed by atoms with Crippen molar-refractivity contribution in [1.82, 2.24) is 25.0 Å². The van der Waals surface area contributed by atoms with Crippen LogP contribution in [0.1, 0.15) is 61.4 Å². The van der Waals surface area contributed by atoms with Gasteiger partial charge in [0.2, 0.25) is 11.8 Å². The molecular weight excluding hydrogens is 454 g/mol. The second-order valence-corrected chi connectivity index (χ2v) is 9.44. The lowest BCUT2D eigenvalue weighted by Gasteiger charge is -2.28. The van der Waals surface area contributed by atoms with E-state index >= 15 is 0 Å². The Balaban J connectivity index is 1.20. The molecule has 36 heavy (non-hydrogen) atoms. The molecule has 9 heteroatoms. The molecule has 1 saturated carbocycles. The molecule has 4 aromatic rings. The van der Waals surface area contributed by atoms with Crippen molar-refractivity contribution in [3.63, 3.8) is 0 Å². The first kappa shape index (κ1) is 23.6. The quantitative estimate of drug-likeness (QED) is 0.422. The first-order valence-corrected chi connectivity index (χ1v) is 12.2. The molecule has 9 nitrogen and oxygen atoms in total. The smallest absolute Gasteiger partial charge is 0.230 e. The number of para-hydroxylation sites is 1. The molecule has 1 aromatic carbocycles. The SMILES string of the molecule is CC(=O)Nc1ccc([C@H]2CCC[C@H](c3ccc(NC(=O)Cc4cn(C)c5ccccc45)nn3)C2)nn1. The van der Waals surface area contributed by atoms with Crippen LogP contribution in [0.5, 0.6) is 0 Å². The van der Waals surface area contributed by atoms with E-state index in [4.69, 9.17) is 0 Å². The fourth-order valence-electron chi connectivity index (χ4n) is 5.09. The highest BCUT2D eigenvalue weighted by Gasteiger charge is 2.27. The summed E-state index contributed by atoms with van der Waals surface area (Å²) in [6, 6.07) is 15.6. The van der Waals surface area contributed by atoms with Gasteiger partial charge in [-0.15, -0.1) is 10.2 Å². The van der Waals surface area contributed by atoms with Crippen molar-refractivity contribution in [3.8, 4) is 0 Å². The number of rotatable bonds is 6. The first-order valence-electron chi connectivity index (χ1n) is 12.2. The van der Waals surface area contributed by atoms with Crippen LogP contribution >= 0.6 is 0 Å². The standard InChI is InChI=1S/C27H29N7O2/c1-17(35)28-25-12-10-22(30-32-25)18-6-5-7-19(14-18)23-11-13-26(33-31-23)29-27(36)15-20-16-34(2)24-9-4-3-8-21(20)24/h3-4,8-13,16,18-19H,5-7,14-15H2,1-2H3,(H,28,32,35)(H,29,33,36)/t18-,19-/m0/s1. The van der Waals surface area contributed by atoms with Gasteiger partial charge in [0.25, 0.3) is 0 Å². The Bertz CT molecular complexity index is 1380. The number of anilines is 2. The van der Waals surface area contributed by atoms with E-state index in [0.717, 1.165) is 53.5 Å². The minimum Gasteiger partial charge on any atom is -0.350 e. The molecule has 0 radical (unpaired) electrons. The molecule has 2 atom stereocenters. The first-order chi connectivity index (χ1) is 17.5. The number of aromatic nitrogens is 5. The summed E-state index contributed by atoms with van der Waals surface area (Å²) < 4.78 is 2.03. The highest BCUT2D eigenvalue weighted by molar-refractivity contribution is 5.95. The third-order valence-electron chi connectivity index (χ3n) is 6.78. The second kappa shape index (κ2) is 10.2. The van der Waals surface area contributed by atoms with Gasteiger partial charge in [-0.3, -0.25) is 9.59 Å². The van der Waals surface area contributed by atoms with Crippen molar-refractivity contribution < 1.29 is 9.59 Å². The van der Waals surface area contributed by atoms with Crippen molar-refractivity contribution in [1.29, 1.82) is 0 Å². The molecule has 3 heterocycles. The normalized spacial score (nSPS) is 17.6. The van der Waals surface area contributed by atoms with Gasteiger partial charge in [-0.2, -0.15) is 10.2 Å². The van der Waals surface area contributed by atoms with Gasteiger partial charge in [0, 0.05) is 42.9 Å². The average molecular weight is 484 g/mol. The summed E-state index contributed by atoms with van der Waals surface area (Å²) in [7, 11) is 1.98. The molecule has 1 aliphatic rings. The van der Waals surface area contributed by atoms with Crippen molar-refractivity contribution in [3.05, 3.63) is 71.7 Å². The van der Waals surface area contributed by atoms with Gasteiger partial charge >= 0.3 is 0 Å². The molecular formula is C27H29N7O2. The maximum atomic E-state index is 12.7. The molecule has 0 saturated heterocycles. The lowest BCUT2D eigenvalue weighted by Crippen LogP contribution is -2.18. The fraction of sp³-hybridized carbons (Fsp3) is 0.333. The van der Waals surface area contributed by atoms with Crippen molar-refractivity contribution >= 4 is 34.4 Å². The monoisotopic (exact) mass is 483 g/mol. The molecule has 1 fully saturated rings. The number of benzene rings is 1. The van der Waals surface area contributed by atoms with Gasteiger partial charge in [0.05, 0.1) is 17.8 Å². The zero-order chi connectivity index (χ0) is 25.1. The van der Waals surface area contributed by atoms with Crippen LogP contribution in [-0.4, -0.2) is 36.8 Å².